The fourth-order valence-electron chi connectivity index (χ4n) is 2.78. The van der Waals surface area contributed by atoms with Crippen LogP contribution in [-0.4, -0.2) is 53.0 Å². The second-order valence-corrected chi connectivity index (χ2v) is 9.59. The van der Waals surface area contributed by atoms with E-state index in [1.165, 1.54) is 4.31 Å². The maximum absolute atomic E-state index is 13.3. The number of hydrogen-bond donors (Lipinski definition) is 1. The minimum Gasteiger partial charge on any atom is -0.353 e. The Morgan fingerprint density at radius 2 is 1.59 bits per heavy atom. The predicted molar refractivity (Wildman–Crippen MR) is 118 cm³/mol. The van der Waals surface area contributed by atoms with Crippen LogP contribution in [0.15, 0.2) is 53.4 Å². The molecule has 0 atom stereocenters. The first-order valence-corrected chi connectivity index (χ1v) is 11.2. The molecule has 2 rings (SSSR count). The summed E-state index contributed by atoms with van der Waals surface area (Å²) < 4.78 is 27.8. The molecule has 7 heteroatoms. The highest BCUT2D eigenvalue weighted by Gasteiger charge is 2.27. The van der Waals surface area contributed by atoms with Gasteiger partial charge < -0.3 is 10.2 Å². The minimum absolute atomic E-state index is 0.164. The van der Waals surface area contributed by atoms with E-state index >= 15 is 0 Å². The summed E-state index contributed by atoms with van der Waals surface area (Å²) in [5.74, 6) is -0.00369. The lowest BCUT2D eigenvalue weighted by molar-refractivity contribution is -0.119. The van der Waals surface area contributed by atoms with Crippen LogP contribution in [0.25, 0.3) is 0 Å². The van der Waals surface area contributed by atoms with Gasteiger partial charge in [-0.2, -0.15) is 0 Å². The molecule has 6 nitrogen and oxygen atoms in total. The number of benzene rings is 2. The van der Waals surface area contributed by atoms with Gasteiger partial charge in [-0.3, -0.25) is 9.10 Å². The van der Waals surface area contributed by atoms with E-state index in [1.54, 1.807) is 36.4 Å². The monoisotopic (exact) mass is 417 g/mol. The number of nitrogens with zero attached hydrogens (tertiary/aromatic N) is 2. The topological polar surface area (TPSA) is 69.7 Å². The minimum atomic E-state index is -3.88. The number of rotatable bonds is 9. The highest BCUT2D eigenvalue weighted by atomic mass is 32.2. The Kier molecular flexibility index (Phi) is 7.81. The van der Waals surface area contributed by atoms with E-state index in [2.05, 4.69) is 19.2 Å². The maximum Gasteiger partial charge on any atom is 0.264 e. The number of amides is 1. The lowest BCUT2D eigenvalue weighted by Crippen LogP contribution is -2.42. The predicted octanol–water partition coefficient (Wildman–Crippen LogP) is 2.99. The van der Waals surface area contributed by atoms with Crippen LogP contribution in [0.3, 0.4) is 0 Å². The number of anilines is 1. The Bertz CT molecular complexity index is 905. The Morgan fingerprint density at radius 3 is 2.10 bits per heavy atom. The Morgan fingerprint density at radius 1 is 1.00 bits per heavy atom. The summed E-state index contributed by atoms with van der Waals surface area (Å²) in [5.41, 5.74) is 2.55. The average molecular weight is 418 g/mol. The van der Waals surface area contributed by atoms with E-state index in [4.69, 9.17) is 0 Å². The molecule has 2 aromatic rings. The van der Waals surface area contributed by atoms with Gasteiger partial charge in [0.1, 0.15) is 6.54 Å². The Hall–Kier alpha value is -2.38. The standard InChI is InChI=1S/C22H31N3O3S/c1-17(2)19-8-10-20(11-9-19)25(16-22(26)23-14-15-24(4)5)29(27,28)21-12-6-18(3)7-13-21/h6-13,17H,14-16H2,1-5H3,(H,23,26). The maximum atomic E-state index is 13.3. The van der Waals surface area contributed by atoms with Crippen LogP contribution in [0, 0.1) is 6.92 Å². The molecular weight excluding hydrogens is 386 g/mol. The van der Waals surface area contributed by atoms with E-state index in [0.717, 1.165) is 11.1 Å². The molecule has 0 fully saturated rings. The SMILES string of the molecule is Cc1ccc(S(=O)(=O)N(CC(=O)NCCN(C)C)c2ccc(C(C)C)cc2)cc1. The second kappa shape index (κ2) is 9.89. The zero-order chi connectivity index (χ0) is 21.6. The normalized spacial score (nSPS) is 11.7. The molecule has 0 aliphatic rings. The van der Waals surface area contributed by atoms with Crippen LogP contribution >= 0.6 is 0 Å². The fourth-order valence-corrected chi connectivity index (χ4v) is 4.20. The third-order valence-corrected chi connectivity index (χ3v) is 6.41. The van der Waals surface area contributed by atoms with Crippen LogP contribution in [0.1, 0.15) is 30.9 Å². The number of likely N-dealkylation sites (N-methyl/N-ethyl adjacent to an activating group) is 1. The van der Waals surface area contributed by atoms with Crippen molar-refractivity contribution in [2.45, 2.75) is 31.6 Å². The summed E-state index contributed by atoms with van der Waals surface area (Å²) in [7, 11) is -0.0518. The lowest BCUT2D eigenvalue weighted by atomic mass is 10.0. The molecule has 0 heterocycles. The van der Waals surface area contributed by atoms with Gasteiger partial charge in [0, 0.05) is 13.1 Å². The molecule has 0 unspecified atom stereocenters. The molecule has 0 aliphatic heterocycles. The van der Waals surface area contributed by atoms with Gasteiger partial charge >= 0.3 is 0 Å². The molecule has 1 N–H and O–H groups in total. The molecule has 0 radical (unpaired) electrons. The van der Waals surface area contributed by atoms with Crippen LogP contribution < -0.4 is 9.62 Å². The molecule has 0 aromatic heterocycles. The van der Waals surface area contributed by atoms with Gasteiger partial charge in [-0.25, -0.2) is 8.42 Å². The van der Waals surface area contributed by atoms with E-state index < -0.39 is 10.0 Å². The van der Waals surface area contributed by atoms with Gasteiger partial charge in [-0.05, 0) is 56.8 Å². The summed E-state index contributed by atoms with van der Waals surface area (Å²) >= 11 is 0. The first-order valence-electron chi connectivity index (χ1n) is 9.72. The molecule has 0 bridgehead atoms. The van der Waals surface area contributed by atoms with Crippen molar-refractivity contribution < 1.29 is 13.2 Å². The van der Waals surface area contributed by atoms with E-state index in [1.807, 2.05) is 38.1 Å². The summed E-state index contributed by atoms with van der Waals surface area (Å²) in [6.07, 6.45) is 0. The van der Waals surface area contributed by atoms with Crippen molar-refractivity contribution in [1.82, 2.24) is 10.2 Å². The lowest BCUT2D eigenvalue weighted by Gasteiger charge is -2.25. The molecule has 2 aromatic carbocycles. The van der Waals surface area contributed by atoms with E-state index in [9.17, 15) is 13.2 Å². The van der Waals surface area contributed by atoms with Crippen molar-refractivity contribution >= 4 is 21.6 Å². The molecule has 0 saturated carbocycles. The van der Waals surface area contributed by atoms with Crippen LogP contribution in [0.2, 0.25) is 0 Å². The first-order chi connectivity index (χ1) is 13.6. The number of hydrogen-bond acceptors (Lipinski definition) is 4. The number of aryl methyl sites for hydroxylation is 1. The average Bonchev–Trinajstić information content (AvgIpc) is 2.66. The molecule has 0 saturated heterocycles. The molecule has 29 heavy (non-hydrogen) atoms. The van der Waals surface area contributed by atoms with Gasteiger partial charge in [0.25, 0.3) is 10.0 Å². The van der Waals surface area contributed by atoms with E-state index in [-0.39, 0.29) is 17.3 Å². The molecule has 0 aliphatic carbocycles. The third kappa shape index (κ3) is 6.30. The van der Waals surface area contributed by atoms with Gasteiger partial charge in [-0.15, -0.1) is 0 Å². The van der Waals surface area contributed by atoms with Gasteiger partial charge in [0.2, 0.25) is 5.91 Å². The summed E-state index contributed by atoms with van der Waals surface area (Å²) in [4.78, 5) is 14.6. The molecule has 1 amide bonds. The van der Waals surface area contributed by atoms with Crippen molar-refractivity contribution in [3.05, 3.63) is 59.7 Å². The summed E-state index contributed by atoms with van der Waals surface area (Å²) in [6, 6.07) is 14.0. The van der Waals surface area contributed by atoms with Crippen molar-refractivity contribution in [1.29, 1.82) is 0 Å². The van der Waals surface area contributed by atoms with Crippen molar-refractivity contribution in [3.8, 4) is 0 Å². The van der Waals surface area contributed by atoms with Crippen LogP contribution in [-0.2, 0) is 14.8 Å². The molecule has 0 spiro atoms. The summed E-state index contributed by atoms with van der Waals surface area (Å²) in [5, 5.41) is 2.79. The van der Waals surface area contributed by atoms with Gasteiger partial charge in [-0.1, -0.05) is 43.7 Å². The zero-order valence-corrected chi connectivity index (χ0v) is 18.7. The van der Waals surface area contributed by atoms with Crippen molar-refractivity contribution in [2.75, 3.05) is 38.0 Å². The van der Waals surface area contributed by atoms with Crippen molar-refractivity contribution in [2.24, 2.45) is 0 Å². The Labute approximate surface area is 174 Å². The highest BCUT2D eigenvalue weighted by Crippen LogP contribution is 2.26. The summed E-state index contributed by atoms with van der Waals surface area (Å²) in [6.45, 7) is 6.92. The van der Waals surface area contributed by atoms with Crippen molar-refractivity contribution in [3.63, 3.8) is 0 Å². The quantitative estimate of drug-likeness (QED) is 0.681. The molecule has 158 valence electrons. The highest BCUT2D eigenvalue weighted by molar-refractivity contribution is 7.92. The smallest absolute Gasteiger partial charge is 0.264 e. The van der Waals surface area contributed by atoms with E-state index in [0.29, 0.717) is 24.7 Å². The van der Waals surface area contributed by atoms with Gasteiger partial charge in [0.15, 0.2) is 0 Å². The zero-order valence-electron chi connectivity index (χ0n) is 17.8. The first kappa shape index (κ1) is 22.9. The number of carbonyl (C=O) groups is 1. The van der Waals surface area contributed by atoms with Crippen LogP contribution in [0.4, 0.5) is 5.69 Å². The molecular formula is C22H31N3O3S. The third-order valence-electron chi connectivity index (χ3n) is 4.63. The second-order valence-electron chi connectivity index (χ2n) is 7.72. The number of carbonyl (C=O) groups excluding carboxylic acids is 1. The number of nitrogens with one attached hydrogen (secondary N) is 1. The largest absolute Gasteiger partial charge is 0.353 e. The van der Waals surface area contributed by atoms with Gasteiger partial charge in [0.05, 0.1) is 10.6 Å². The number of sulfonamides is 1. The fraction of sp³-hybridized carbons (Fsp3) is 0.409. The van der Waals surface area contributed by atoms with Crippen LogP contribution in [0.5, 0.6) is 0 Å². The Balaban J connectivity index is 2.34.